The summed E-state index contributed by atoms with van der Waals surface area (Å²) >= 11 is 0. The van der Waals surface area contributed by atoms with E-state index < -0.39 is 10.0 Å². The summed E-state index contributed by atoms with van der Waals surface area (Å²) in [6.45, 7) is 1.03. The van der Waals surface area contributed by atoms with Crippen molar-refractivity contribution < 1.29 is 27.4 Å². The van der Waals surface area contributed by atoms with E-state index in [1.807, 2.05) is 24.3 Å². The number of para-hydroxylation sites is 1. The average Bonchev–Trinajstić information content (AvgIpc) is 2.88. The fourth-order valence-corrected chi connectivity index (χ4v) is 5.98. The lowest BCUT2D eigenvalue weighted by atomic mass is 10.1. The molecule has 0 radical (unpaired) electrons. The second kappa shape index (κ2) is 12.9. The molecule has 192 valence electrons. The standard InChI is InChI=1S/C26H36N2O6S/c1-32-20-26(29)28-17-11-7-5-4-6-10-16-27(19-21-12-8-9-13-23(21)28)35(30,31)25-18-22(33-2)14-15-24(25)34-3/h8-9,12-15,18H,4-7,10-11,16-17,19-20H2,1-3H3. The molecule has 0 aromatic heterocycles. The van der Waals surface area contributed by atoms with Crippen molar-refractivity contribution in [1.29, 1.82) is 0 Å². The summed E-state index contributed by atoms with van der Waals surface area (Å²) in [7, 11) is 0.528. The van der Waals surface area contributed by atoms with Gasteiger partial charge in [0, 0.05) is 38.5 Å². The molecule has 0 atom stereocenters. The van der Waals surface area contributed by atoms with Crippen molar-refractivity contribution in [2.45, 2.75) is 50.0 Å². The molecule has 35 heavy (non-hydrogen) atoms. The number of hydrogen-bond donors (Lipinski definition) is 0. The normalized spacial score (nSPS) is 16.4. The number of amides is 1. The van der Waals surface area contributed by atoms with E-state index in [9.17, 15) is 13.2 Å². The number of nitrogens with zero attached hydrogens (tertiary/aromatic N) is 2. The zero-order valence-electron chi connectivity index (χ0n) is 20.9. The molecule has 2 aromatic carbocycles. The summed E-state index contributed by atoms with van der Waals surface area (Å²) < 4.78 is 45.2. The maximum Gasteiger partial charge on any atom is 0.252 e. The Kier molecular flexibility index (Phi) is 9.94. The van der Waals surface area contributed by atoms with E-state index in [0.29, 0.717) is 24.5 Å². The van der Waals surface area contributed by atoms with E-state index in [4.69, 9.17) is 14.2 Å². The van der Waals surface area contributed by atoms with Gasteiger partial charge in [-0.15, -0.1) is 0 Å². The van der Waals surface area contributed by atoms with Crippen molar-refractivity contribution in [2.24, 2.45) is 0 Å². The van der Waals surface area contributed by atoms with Crippen molar-refractivity contribution in [3.63, 3.8) is 0 Å². The number of rotatable bonds is 6. The van der Waals surface area contributed by atoms with Gasteiger partial charge in [0.05, 0.1) is 14.2 Å². The Morgan fingerprint density at radius 1 is 0.886 bits per heavy atom. The Bertz CT molecular complexity index is 1090. The van der Waals surface area contributed by atoms with Crippen molar-refractivity contribution in [3.8, 4) is 11.5 Å². The molecule has 0 bridgehead atoms. The lowest BCUT2D eigenvalue weighted by Crippen LogP contribution is -2.37. The van der Waals surface area contributed by atoms with Crippen LogP contribution in [0.1, 0.15) is 44.1 Å². The van der Waals surface area contributed by atoms with Crippen LogP contribution in [-0.4, -0.2) is 59.7 Å². The van der Waals surface area contributed by atoms with Crippen molar-refractivity contribution >= 4 is 21.6 Å². The van der Waals surface area contributed by atoms with Gasteiger partial charge in [0.25, 0.3) is 5.91 Å². The maximum absolute atomic E-state index is 13.9. The Labute approximate surface area is 208 Å². The summed E-state index contributed by atoms with van der Waals surface area (Å²) in [5.41, 5.74) is 1.48. The fraction of sp³-hybridized carbons (Fsp3) is 0.500. The van der Waals surface area contributed by atoms with Gasteiger partial charge in [-0.25, -0.2) is 8.42 Å². The van der Waals surface area contributed by atoms with Crippen LogP contribution in [0.3, 0.4) is 0 Å². The third-order valence-corrected chi connectivity index (χ3v) is 8.09. The lowest BCUT2D eigenvalue weighted by Gasteiger charge is -2.28. The molecule has 8 nitrogen and oxygen atoms in total. The van der Waals surface area contributed by atoms with Crippen molar-refractivity contribution in [2.75, 3.05) is 45.9 Å². The highest BCUT2D eigenvalue weighted by molar-refractivity contribution is 7.89. The second-order valence-corrected chi connectivity index (χ2v) is 10.5. The van der Waals surface area contributed by atoms with Crippen LogP contribution in [0.15, 0.2) is 47.4 Å². The summed E-state index contributed by atoms with van der Waals surface area (Å²) in [5.74, 6) is 0.560. The molecule has 0 saturated heterocycles. The molecule has 1 heterocycles. The molecule has 0 saturated carbocycles. The minimum atomic E-state index is -3.93. The molecule has 9 heteroatoms. The highest BCUT2D eigenvalue weighted by Gasteiger charge is 2.30. The quantitative estimate of drug-likeness (QED) is 0.585. The zero-order chi connectivity index (χ0) is 25.3. The Morgan fingerprint density at radius 3 is 2.26 bits per heavy atom. The van der Waals surface area contributed by atoms with Gasteiger partial charge in [-0.05, 0) is 36.6 Å². The predicted octanol–water partition coefficient (Wildman–Crippen LogP) is 4.23. The first-order chi connectivity index (χ1) is 16.9. The smallest absolute Gasteiger partial charge is 0.252 e. The van der Waals surface area contributed by atoms with Gasteiger partial charge in [0.1, 0.15) is 23.0 Å². The summed E-state index contributed by atoms with van der Waals surface area (Å²) in [6, 6.07) is 12.3. The Hall–Kier alpha value is -2.62. The first-order valence-corrected chi connectivity index (χ1v) is 13.5. The molecule has 0 aliphatic carbocycles. The van der Waals surface area contributed by atoms with E-state index >= 15 is 0 Å². The number of benzene rings is 2. The molecule has 0 fully saturated rings. The predicted molar refractivity (Wildman–Crippen MR) is 136 cm³/mol. The highest BCUT2D eigenvalue weighted by atomic mass is 32.2. The van der Waals surface area contributed by atoms with Gasteiger partial charge in [-0.1, -0.05) is 43.9 Å². The molecule has 0 N–H and O–H groups in total. The average molecular weight is 505 g/mol. The van der Waals surface area contributed by atoms with Crippen molar-refractivity contribution in [1.82, 2.24) is 4.31 Å². The lowest BCUT2D eigenvalue weighted by molar-refractivity contribution is -0.122. The van der Waals surface area contributed by atoms with Gasteiger partial charge in [0.15, 0.2) is 0 Å². The van der Waals surface area contributed by atoms with Crippen LogP contribution < -0.4 is 14.4 Å². The van der Waals surface area contributed by atoms with E-state index in [1.165, 1.54) is 31.7 Å². The van der Waals surface area contributed by atoms with E-state index in [2.05, 4.69) is 0 Å². The molecule has 1 aliphatic rings. The molecule has 0 spiro atoms. The number of anilines is 1. The summed E-state index contributed by atoms with van der Waals surface area (Å²) in [5, 5.41) is 0. The monoisotopic (exact) mass is 504 g/mol. The number of sulfonamides is 1. The molecular formula is C26H36N2O6S. The van der Waals surface area contributed by atoms with Crippen LogP contribution in [0.2, 0.25) is 0 Å². The fourth-order valence-electron chi connectivity index (χ4n) is 4.35. The molecule has 3 rings (SSSR count). The number of hydrogen-bond acceptors (Lipinski definition) is 6. The maximum atomic E-state index is 13.9. The third-order valence-electron chi connectivity index (χ3n) is 6.23. The number of carbonyl (C=O) groups is 1. The topological polar surface area (TPSA) is 85.4 Å². The molecule has 1 aliphatic heterocycles. The Morgan fingerprint density at radius 2 is 1.57 bits per heavy atom. The van der Waals surface area contributed by atoms with Gasteiger partial charge < -0.3 is 19.1 Å². The minimum Gasteiger partial charge on any atom is -0.497 e. The minimum absolute atomic E-state index is 0.0304. The summed E-state index contributed by atoms with van der Waals surface area (Å²) in [6.07, 6.45) is 5.66. The zero-order valence-corrected chi connectivity index (χ0v) is 21.7. The third kappa shape index (κ3) is 6.74. The van der Waals surface area contributed by atoms with Gasteiger partial charge in [-0.3, -0.25) is 4.79 Å². The van der Waals surface area contributed by atoms with Gasteiger partial charge in [-0.2, -0.15) is 4.31 Å². The number of fused-ring (bicyclic) bond motifs is 1. The van der Waals surface area contributed by atoms with Crippen LogP contribution >= 0.6 is 0 Å². The molecular weight excluding hydrogens is 468 g/mol. The molecule has 1 amide bonds. The van der Waals surface area contributed by atoms with Crippen LogP contribution in [0.4, 0.5) is 5.69 Å². The van der Waals surface area contributed by atoms with E-state index in [0.717, 1.165) is 44.1 Å². The molecule has 0 unspecified atom stereocenters. The molecule has 2 aromatic rings. The van der Waals surface area contributed by atoms with Crippen molar-refractivity contribution in [3.05, 3.63) is 48.0 Å². The highest BCUT2D eigenvalue weighted by Crippen LogP contribution is 2.33. The first kappa shape index (κ1) is 27.0. The number of carbonyl (C=O) groups excluding carboxylic acids is 1. The van der Waals surface area contributed by atoms with Crippen LogP contribution in [-0.2, 0) is 26.1 Å². The van der Waals surface area contributed by atoms with Crippen LogP contribution in [0.25, 0.3) is 0 Å². The van der Waals surface area contributed by atoms with E-state index in [-0.39, 0.29) is 29.7 Å². The second-order valence-electron chi connectivity index (χ2n) is 8.58. The number of ether oxygens (including phenoxy) is 3. The summed E-state index contributed by atoms with van der Waals surface area (Å²) in [4.78, 5) is 14.7. The van der Waals surface area contributed by atoms with Crippen LogP contribution in [0, 0.1) is 0 Å². The SMILES string of the molecule is COCC(=O)N1CCCCCCCCN(S(=O)(=O)c2cc(OC)ccc2OC)Cc2ccccc21. The largest absolute Gasteiger partial charge is 0.497 e. The van der Waals surface area contributed by atoms with Gasteiger partial charge >= 0.3 is 0 Å². The number of methoxy groups -OCH3 is 3. The Balaban J connectivity index is 2.06. The van der Waals surface area contributed by atoms with Gasteiger partial charge in [0.2, 0.25) is 10.0 Å². The first-order valence-electron chi connectivity index (χ1n) is 12.0. The van der Waals surface area contributed by atoms with Crippen LogP contribution in [0.5, 0.6) is 11.5 Å². The van der Waals surface area contributed by atoms with E-state index in [1.54, 1.807) is 17.0 Å².